The van der Waals surface area contributed by atoms with Gasteiger partial charge in [-0.25, -0.2) is 0 Å². The van der Waals surface area contributed by atoms with E-state index in [-0.39, 0.29) is 24.2 Å². The maximum atomic E-state index is 12.9. The lowest BCUT2D eigenvalue weighted by atomic mass is 9.78. The van der Waals surface area contributed by atoms with Gasteiger partial charge in [-0.3, -0.25) is 9.59 Å². The first-order valence-electron chi connectivity index (χ1n) is 9.18. The number of halogens is 1. The molecular weight excluding hydrogens is 378 g/mol. The van der Waals surface area contributed by atoms with Crippen molar-refractivity contribution in [1.29, 1.82) is 0 Å². The summed E-state index contributed by atoms with van der Waals surface area (Å²) in [6.45, 7) is 10.3. The van der Waals surface area contributed by atoms with Gasteiger partial charge in [0.25, 0.3) is 5.91 Å². The Morgan fingerprint density at radius 1 is 1.18 bits per heavy atom. The van der Waals surface area contributed by atoms with Gasteiger partial charge in [0, 0.05) is 31.5 Å². The quantitative estimate of drug-likeness (QED) is 0.617. The first kappa shape index (κ1) is 23.9. The molecule has 1 aromatic carbocycles. The molecule has 6 nitrogen and oxygen atoms in total. The Morgan fingerprint density at radius 2 is 1.75 bits per heavy atom. The van der Waals surface area contributed by atoms with Gasteiger partial charge in [0.15, 0.2) is 0 Å². The molecule has 2 amide bonds. The number of hydrogen-bond donors (Lipinski definition) is 2. The van der Waals surface area contributed by atoms with E-state index in [1.54, 1.807) is 48.4 Å². The first-order chi connectivity index (χ1) is 13.1. The number of nitrogens with one attached hydrogen (secondary N) is 2. The minimum Gasteiger partial charge on any atom is -0.384 e. The van der Waals surface area contributed by atoms with Gasteiger partial charge in [-0.2, -0.15) is 0 Å². The number of carbonyl (C=O) groups is 2. The normalized spacial score (nSPS) is 15.0. The third-order valence-electron chi connectivity index (χ3n) is 4.84. The molecule has 2 rings (SSSR count). The van der Waals surface area contributed by atoms with E-state index in [0.29, 0.717) is 30.9 Å². The van der Waals surface area contributed by atoms with Crippen LogP contribution in [0.2, 0.25) is 0 Å². The Labute approximate surface area is 173 Å². The fourth-order valence-electron chi connectivity index (χ4n) is 3.31. The van der Waals surface area contributed by atoms with Gasteiger partial charge in [0.05, 0.1) is 12.0 Å². The Bertz CT molecular complexity index is 654. The van der Waals surface area contributed by atoms with Gasteiger partial charge in [0.1, 0.15) is 0 Å². The van der Waals surface area contributed by atoms with Crippen molar-refractivity contribution in [3.63, 3.8) is 0 Å². The molecule has 1 aliphatic rings. The smallest absolute Gasteiger partial charge is 0.254 e. The van der Waals surface area contributed by atoms with Crippen molar-refractivity contribution in [2.75, 3.05) is 45.2 Å². The van der Waals surface area contributed by atoms with Crippen LogP contribution >= 0.6 is 12.4 Å². The molecule has 0 bridgehead atoms. The fourth-order valence-corrected chi connectivity index (χ4v) is 3.31. The van der Waals surface area contributed by atoms with Gasteiger partial charge < -0.3 is 20.3 Å². The van der Waals surface area contributed by atoms with Crippen molar-refractivity contribution in [2.24, 2.45) is 5.41 Å². The highest BCUT2D eigenvalue weighted by atomic mass is 35.5. The van der Waals surface area contributed by atoms with E-state index in [1.807, 2.05) is 0 Å². The molecule has 1 aromatic rings. The van der Waals surface area contributed by atoms with E-state index in [9.17, 15) is 9.59 Å². The van der Waals surface area contributed by atoms with Crippen LogP contribution in [0.1, 0.15) is 23.2 Å². The largest absolute Gasteiger partial charge is 0.384 e. The summed E-state index contributed by atoms with van der Waals surface area (Å²) in [6, 6.07) is 6.96. The number of piperidine rings is 1. The molecule has 1 aliphatic heterocycles. The summed E-state index contributed by atoms with van der Waals surface area (Å²) in [5.41, 5.74) is 0.717. The molecule has 0 saturated carbocycles. The van der Waals surface area contributed by atoms with E-state index >= 15 is 0 Å². The van der Waals surface area contributed by atoms with E-state index in [4.69, 9.17) is 4.74 Å². The van der Waals surface area contributed by atoms with Crippen molar-refractivity contribution in [3.8, 4) is 0 Å². The van der Waals surface area contributed by atoms with Gasteiger partial charge in [-0.15, -0.1) is 25.6 Å². The number of hydrogen-bond acceptors (Lipinski definition) is 4. The fraction of sp³-hybridized carbons (Fsp3) is 0.429. The Kier molecular flexibility index (Phi) is 9.93. The molecule has 0 aliphatic carbocycles. The topological polar surface area (TPSA) is 70.7 Å². The molecular formula is C21H30ClN3O3. The molecule has 0 spiro atoms. The van der Waals surface area contributed by atoms with Crippen molar-refractivity contribution in [1.82, 2.24) is 10.2 Å². The van der Waals surface area contributed by atoms with Crippen LogP contribution in [-0.2, 0) is 9.53 Å². The summed E-state index contributed by atoms with van der Waals surface area (Å²) in [5, 5.41) is 6.26. The van der Waals surface area contributed by atoms with Gasteiger partial charge in [0.2, 0.25) is 5.91 Å². The van der Waals surface area contributed by atoms with Crippen LogP contribution in [0.4, 0.5) is 5.69 Å². The zero-order valence-corrected chi connectivity index (χ0v) is 17.2. The SMILES string of the molecule is C=CCN(CC=C)C(=O)c1ccc(NC(=O)C2(COC)CCNCC2)cc1.Cl. The third-order valence-corrected chi connectivity index (χ3v) is 4.84. The zero-order valence-electron chi connectivity index (χ0n) is 16.4. The maximum Gasteiger partial charge on any atom is 0.254 e. The highest BCUT2D eigenvalue weighted by molar-refractivity contribution is 5.97. The van der Waals surface area contributed by atoms with Crippen molar-refractivity contribution < 1.29 is 14.3 Å². The van der Waals surface area contributed by atoms with Gasteiger partial charge in [-0.05, 0) is 50.2 Å². The number of rotatable bonds is 9. The monoisotopic (exact) mass is 407 g/mol. The average molecular weight is 408 g/mol. The van der Waals surface area contributed by atoms with Crippen LogP contribution in [0.5, 0.6) is 0 Å². The summed E-state index contributed by atoms with van der Waals surface area (Å²) in [6.07, 6.45) is 4.84. The molecule has 1 heterocycles. The van der Waals surface area contributed by atoms with Crippen LogP contribution in [-0.4, -0.2) is 56.6 Å². The highest BCUT2D eigenvalue weighted by Crippen LogP contribution is 2.31. The molecule has 0 aromatic heterocycles. The number of carbonyl (C=O) groups excluding carboxylic acids is 2. The van der Waals surface area contributed by atoms with Crippen LogP contribution < -0.4 is 10.6 Å². The summed E-state index contributed by atoms with van der Waals surface area (Å²) in [7, 11) is 1.62. The Balaban J connectivity index is 0.00000392. The predicted molar refractivity (Wildman–Crippen MR) is 115 cm³/mol. The minimum absolute atomic E-state index is 0. The number of amides is 2. The summed E-state index contributed by atoms with van der Waals surface area (Å²) in [5.74, 6) is -0.133. The van der Waals surface area contributed by atoms with Crippen LogP contribution in [0.15, 0.2) is 49.6 Å². The van der Waals surface area contributed by atoms with E-state index < -0.39 is 5.41 Å². The Hall–Kier alpha value is -2.15. The molecule has 154 valence electrons. The molecule has 0 atom stereocenters. The molecule has 1 saturated heterocycles. The van der Waals surface area contributed by atoms with E-state index in [1.165, 1.54) is 0 Å². The van der Waals surface area contributed by atoms with Crippen molar-refractivity contribution >= 4 is 29.9 Å². The molecule has 2 N–H and O–H groups in total. The first-order valence-corrected chi connectivity index (χ1v) is 9.18. The third kappa shape index (κ3) is 5.92. The van der Waals surface area contributed by atoms with Crippen LogP contribution in [0.25, 0.3) is 0 Å². The van der Waals surface area contributed by atoms with Gasteiger partial charge >= 0.3 is 0 Å². The second-order valence-electron chi connectivity index (χ2n) is 6.78. The van der Waals surface area contributed by atoms with E-state index in [0.717, 1.165) is 25.9 Å². The lowest BCUT2D eigenvalue weighted by Crippen LogP contribution is -2.47. The van der Waals surface area contributed by atoms with Crippen molar-refractivity contribution in [2.45, 2.75) is 12.8 Å². The number of ether oxygens (including phenoxy) is 1. The van der Waals surface area contributed by atoms with Crippen LogP contribution in [0, 0.1) is 5.41 Å². The lowest BCUT2D eigenvalue weighted by molar-refractivity contribution is -0.130. The molecule has 28 heavy (non-hydrogen) atoms. The summed E-state index contributed by atoms with van der Waals surface area (Å²) in [4.78, 5) is 27.1. The summed E-state index contributed by atoms with van der Waals surface area (Å²) < 4.78 is 5.31. The summed E-state index contributed by atoms with van der Waals surface area (Å²) >= 11 is 0. The molecule has 1 fully saturated rings. The second-order valence-corrected chi connectivity index (χ2v) is 6.78. The molecule has 0 unspecified atom stereocenters. The van der Waals surface area contributed by atoms with Crippen molar-refractivity contribution in [3.05, 3.63) is 55.1 Å². The second kappa shape index (κ2) is 11.6. The lowest BCUT2D eigenvalue weighted by Gasteiger charge is -2.35. The number of anilines is 1. The minimum atomic E-state index is -0.515. The molecule has 0 radical (unpaired) electrons. The van der Waals surface area contributed by atoms with Crippen LogP contribution in [0.3, 0.4) is 0 Å². The highest BCUT2D eigenvalue weighted by Gasteiger charge is 2.39. The standard InChI is InChI=1S/C21H29N3O3.ClH/c1-4-14-24(15-5-2)19(25)17-6-8-18(9-7-17)23-20(26)21(16-27-3)10-12-22-13-11-21;/h4-9,22H,1-2,10-16H2,3H3,(H,23,26);1H. The van der Waals surface area contributed by atoms with E-state index in [2.05, 4.69) is 23.8 Å². The zero-order chi connectivity index (χ0) is 19.7. The maximum absolute atomic E-state index is 12.9. The average Bonchev–Trinajstić information content (AvgIpc) is 2.69. The predicted octanol–water partition coefficient (Wildman–Crippen LogP) is 2.88. The molecule has 7 heteroatoms. The number of benzene rings is 1. The van der Waals surface area contributed by atoms with Gasteiger partial charge in [-0.1, -0.05) is 12.2 Å². The Morgan fingerprint density at radius 3 is 2.25 bits per heavy atom. The number of methoxy groups -OCH3 is 1. The number of nitrogens with zero attached hydrogens (tertiary/aromatic N) is 1.